The summed E-state index contributed by atoms with van der Waals surface area (Å²) < 4.78 is 60.6. The quantitative estimate of drug-likeness (QED) is 0.383. The summed E-state index contributed by atoms with van der Waals surface area (Å²) in [6, 6.07) is 1.32. The molecule has 3 aromatic heterocycles. The van der Waals surface area contributed by atoms with E-state index in [-0.39, 0.29) is 29.8 Å². The molecule has 0 amide bonds. The Morgan fingerprint density at radius 2 is 1.91 bits per heavy atom. The molecule has 4 aromatic rings. The zero-order chi connectivity index (χ0) is 24.2. The zero-order valence-electron chi connectivity index (χ0n) is 18.1. The van der Waals surface area contributed by atoms with Crippen LogP contribution in [-0.4, -0.2) is 57.3 Å². The largest absolute Gasteiger partial charge is 0.421 e. The molecule has 34 heavy (non-hydrogen) atoms. The summed E-state index contributed by atoms with van der Waals surface area (Å²) in [4.78, 5) is 21.4. The van der Waals surface area contributed by atoms with Crippen molar-refractivity contribution in [1.29, 1.82) is 0 Å². The third-order valence-corrected chi connectivity index (χ3v) is 5.81. The van der Waals surface area contributed by atoms with Crippen molar-refractivity contribution in [2.75, 3.05) is 30.4 Å². The molecule has 0 aliphatic carbocycles. The van der Waals surface area contributed by atoms with Crippen LogP contribution in [0, 0.1) is 18.7 Å². The molecule has 1 aromatic carbocycles. The van der Waals surface area contributed by atoms with Gasteiger partial charge >= 0.3 is 12.2 Å². The van der Waals surface area contributed by atoms with Crippen LogP contribution in [-0.2, 0) is 0 Å². The molecule has 1 saturated heterocycles. The van der Waals surface area contributed by atoms with Crippen molar-refractivity contribution in [3.05, 3.63) is 36.2 Å². The van der Waals surface area contributed by atoms with Crippen LogP contribution in [0.15, 0.2) is 24.5 Å². The van der Waals surface area contributed by atoms with Gasteiger partial charge in [-0.25, -0.2) is 14.4 Å². The highest BCUT2D eigenvalue weighted by atomic mass is 19.4. The maximum absolute atomic E-state index is 14.4. The Bertz CT molecular complexity index is 1370. The fourth-order valence-corrected chi connectivity index (χ4v) is 4.18. The first-order valence-electron chi connectivity index (χ1n) is 10.4. The number of halogens is 4. The van der Waals surface area contributed by atoms with Gasteiger partial charge in [-0.15, -0.1) is 0 Å². The van der Waals surface area contributed by atoms with Gasteiger partial charge in [0.2, 0.25) is 0 Å². The maximum Gasteiger partial charge on any atom is 0.395 e. The molecule has 0 saturated carbocycles. The predicted octanol–water partition coefficient (Wildman–Crippen LogP) is 3.51. The van der Waals surface area contributed by atoms with E-state index in [0.29, 0.717) is 27.8 Å². The van der Waals surface area contributed by atoms with Crippen LogP contribution in [0.25, 0.3) is 21.9 Å². The lowest BCUT2D eigenvalue weighted by atomic mass is 10.0. The number of alkyl halides is 3. The zero-order valence-corrected chi connectivity index (χ0v) is 18.1. The molecular formula is C21H20F4N8O. The van der Waals surface area contributed by atoms with Crippen LogP contribution in [0.3, 0.4) is 0 Å². The Morgan fingerprint density at radius 1 is 1.18 bits per heavy atom. The summed E-state index contributed by atoms with van der Waals surface area (Å²) >= 11 is 0. The molecular weight excluding hydrogens is 456 g/mol. The number of nitrogens with zero attached hydrogens (tertiary/aromatic N) is 5. The highest BCUT2D eigenvalue weighted by Gasteiger charge is 2.49. The minimum atomic E-state index is -4.47. The van der Waals surface area contributed by atoms with Gasteiger partial charge in [-0.2, -0.15) is 23.1 Å². The molecule has 1 fully saturated rings. The van der Waals surface area contributed by atoms with Crippen LogP contribution in [0.1, 0.15) is 5.82 Å². The molecule has 2 unspecified atom stereocenters. The van der Waals surface area contributed by atoms with Crippen molar-refractivity contribution in [1.82, 2.24) is 24.9 Å². The normalized spacial score (nSPS) is 18.7. The minimum Gasteiger partial charge on any atom is -0.421 e. The molecule has 4 N–H and O–H groups in total. The van der Waals surface area contributed by atoms with Gasteiger partial charge in [-0.3, -0.25) is 0 Å². The number of anilines is 2. The Hall–Kier alpha value is -3.74. The number of ether oxygens (including phenoxy) is 1. The van der Waals surface area contributed by atoms with Gasteiger partial charge in [0.15, 0.2) is 5.75 Å². The number of hydrogen-bond acceptors (Lipinski definition) is 8. The first-order chi connectivity index (χ1) is 16.1. The van der Waals surface area contributed by atoms with E-state index in [1.807, 2.05) is 0 Å². The second kappa shape index (κ2) is 7.94. The fourth-order valence-electron chi connectivity index (χ4n) is 4.18. The Balaban J connectivity index is 1.69. The van der Waals surface area contributed by atoms with Crippen molar-refractivity contribution >= 4 is 33.4 Å². The standard InChI is InChI=1S/C21H20F4N8O/c1-9-28-5-11(6-29-9)34-20-31-18-16(12-3-10(22)4-15(27-2)17(12)30-18)19(32-20)33-7-13(14(26)8-33)21(23,24)25/h3-6,13-14,27H,7-8,26H2,1-2H3,(H,30,31,32). The van der Waals surface area contributed by atoms with Gasteiger partial charge < -0.3 is 25.7 Å². The average Bonchev–Trinajstić information content (AvgIpc) is 3.35. The summed E-state index contributed by atoms with van der Waals surface area (Å²) in [6.45, 7) is 1.22. The highest BCUT2D eigenvalue weighted by molar-refractivity contribution is 6.14. The number of fused-ring (bicyclic) bond motifs is 3. The van der Waals surface area contributed by atoms with E-state index in [1.165, 1.54) is 29.4 Å². The number of rotatable bonds is 4. The van der Waals surface area contributed by atoms with Gasteiger partial charge in [-0.1, -0.05) is 0 Å². The van der Waals surface area contributed by atoms with E-state index in [0.717, 1.165) is 0 Å². The monoisotopic (exact) mass is 476 g/mol. The first kappa shape index (κ1) is 22.1. The second-order valence-electron chi connectivity index (χ2n) is 8.09. The predicted molar refractivity (Wildman–Crippen MR) is 117 cm³/mol. The lowest BCUT2D eigenvalue weighted by molar-refractivity contribution is -0.171. The topological polar surface area (TPSA) is 118 Å². The van der Waals surface area contributed by atoms with Crippen LogP contribution >= 0.6 is 0 Å². The number of nitrogens with one attached hydrogen (secondary N) is 2. The van der Waals surface area contributed by atoms with E-state index in [2.05, 4.69) is 30.2 Å². The van der Waals surface area contributed by atoms with Gasteiger partial charge in [0, 0.05) is 31.6 Å². The minimum absolute atomic E-state index is 0.0930. The first-order valence-corrected chi connectivity index (χ1v) is 10.4. The summed E-state index contributed by atoms with van der Waals surface area (Å²) in [5.41, 5.74) is 7.10. The van der Waals surface area contributed by atoms with E-state index in [4.69, 9.17) is 10.5 Å². The lowest BCUT2D eigenvalue weighted by Crippen LogP contribution is -2.38. The van der Waals surface area contributed by atoms with Crippen molar-refractivity contribution in [2.45, 2.75) is 19.1 Å². The summed E-state index contributed by atoms with van der Waals surface area (Å²) in [5, 5.41) is 3.69. The number of aryl methyl sites for hydroxylation is 1. The molecule has 0 radical (unpaired) electrons. The van der Waals surface area contributed by atoms with E-state index < -0.39 is 30.5 Å². The SMILES string of the molecule is CNc1cc(F)cc2c1[nH]c1nc(Oc3cnc(C)nc3)nc(N3CC(N)C(C(F)(F)F)C3)c12. The van der Waals surface area contributed by atoms with Crippen molar-refractivity contribution < 1.29 is 22.3 Å². The van der Waals surface area contributed by atoms with Crippen LogP contribution in [0.5, 0.6) is 11.8 Å². The Morgan fingerprint density at radius 3 is 2.56 bits per heavy atom. The molecule has 2 atom stereocenters. The van der Waals surface area contributed by atoms with Crippen molar-refractivity contribution in [3.8, 4) is 11.8 Å². The lowest BCUT2D eigenvalue weighted by Gasteiger charge is -2.20. The molecule has 1 aliphatic heterocycles. The molecule has 5 rings (SSSR count). The molecule has 4 heterocycles. The van der Waals surface area contributed by atoms with E-state index >= 15 is 0 Å². The summed E-state index contributed by atoms with van der Waals surface area (Å²) in [6.07, 6.45) is -1.61. The van der Waals surface area contributed by atoms with Crippen molar-refractivity contribution in [2.24, 2.45) is 11.7 Å². The maximum atomic E-state index is 14.4. The highest BCUT2D eigenvalue weighted by Crippen LogP contribution is 2.40. The second-order valence-corrected chi connectivity index (χ2v) is 8.09. The van der Waals surface area contributed by atoms with E-state index in [1.54, 1.807) is 14.0 Å². The molecule has 178 valence electrons. The molecule has 1 aliphatic rings. The van der Waals surface area contributed by atoms with Crippen LogP contribution in [0.4, 0.5) is 29.1 Å². The number of H-pyrrole nitrogens is 1. The van der Waals surface area contributed by atoms with Crippen LogP contribution in [0.2, 0.25) is 0 Å². The Labute approximate surface area is 190 Å². The molecule has 13 heteroatoms. The number of aromatic amines is 1. The average molecular weight is 476 g/mol. The fraction of sp³-hybridized carbons (Fsp3) is 0.333. The van der Waals surface area contributed by atoms with Gasteiger partial charge in [-0.05, 0) is 19.1 Å². The van der Waals surface area contributed by atoms with Gasteiger partial charge in [0.25, 0.3) is 0 Å². The van der Waals surface area contributed by atoms with Gasteiger partial charge in [0.05, 0.1) is 34.9 Å². The number of hydrogen-bond donors (Lipinski definition) is 3. The van der Waals surface area contributed by atoms with Crippen molar-refractivity contribution in [3.63, 3.8) is 0 Å². The molecule has 0 spiro atoms. The smallest absolute Gasteiger partial charge is 0.395 e. The third kappa shape index (κ3) is 3.81. The number of benzene rings is 1. The van der Waals surface area contributed by atoms with E-state index in [9.17, 15) is 17.6 Å². The number of aromatic nitrogens is 5. The molecule has 9 nitrogen and oxygen atoms in total. The van der Waals surface area contributed by atoms with Gasteiger partial charge in [0.1, 0.15) is 23.1 Å². The summed E-state index contributed by atoms with van der Waals surface area (Å²) in [5.74, 6) is -1.31. The Kier molecular flexibility index (Phi) is 5.15. The van der Waals surface area contributed by atoms with Crippen LogP contribution < -0.4 is 20.7 Å². The summed E-state index contributed by atoms with van der Waals surface area (Å²) in [7, 11) is 1.63. The third-order valence-electron chi connectivity index (χ3n) is 5.81. The number of nitrogens with two attached hydrogens (primary N) is 1. The molecule has 0 bridgehead atoms.